The Hall–Kier alpha value is -3.48. The van der Waals surface area contributed by atoms with E-state index in [1.54, 1.807) is 42.5 Å². The first-order valence-electron chi connectivity index (χ1n) is 9.07. The van der Waals surface area contributed by atoms with E-state index in [2.05, 4.69) is 15.6 Å². The van der Waals surface area contributed by atoms with Gasteiger partial charge in [0.2, 0.25) is 11.8 Å². The molecule has 0 aliphatic carbocycles. The SMILES string of the molecule is CC(C)CC(=O)Nc1ccc(NC(=O)Cn2c(=O)cnc3ccccc32)cc1. The van der Waals surface area contributed by atoms with Gasteiger partial charge in [-0.1, -0.05) is 26.0 Å². The number of rotatable bonds is 6. The number of hydrogen-bond donors (Lipinski definition) is 2. The Morgan fingerprint density at radius 2 is 1.57 bits per heavy atom. The number of nitrogens with zero attached hydrogens (tertiary/aromatic N) is 2. The maximum Gasteiger partial charge on any atom is 0.269 e. The highest BCUT2D eigenvalue weighted by atomic mass is 16.2. The predicted molar refractivity (Wildman–Crippen MR) is 109 cm³/mol. The Balaban J connectivity index is 1.67. The summed E-state index contributed by atoms with van der Waals surface area (Å²) in [7, 11) is 0. The average Bonchev–Trinajstić information content (AvgIpc) is 2.65. The van der Waals surface area contributed by atoms with Crippen LogP contribution in [0.5, 0.6) is 0 Å². The number of carbonyl (C=O) groups excluding carboxylic acids is 2. The molecule has 0 bridgehead atoms. The van der Waals surface area contributed by atoms with Gasteiger partial charge in [-0.3, -0.25) is 19.0 Å². The molecule has 0 saturated heterocycles. The molecule has 7 nitrogen and oxygen atoms in total. The fraction of sp³-hybridized carbons (Fsp3) is 0.238. The summed E-state index contributed by atoms with van der Waals surface area (Å²) in [5, 5.41) is 5.58. The third kappa shape index (κ3) is 4.82. The predicted octanol–water partition coefficient (Wildman–Crippen LogP) is 3.02. The van der Waals surface area contributed by atoms with E-state index < -0.39 is 0 Å². The van der Waals surface area contributed by atoms with Crippen molar-refractivity contribution in [2.75, 3.05) is 10.6 Å². The van der Waals surface area contributed by atoms with Gasteiger partial charge in [-0.25, -0.2) is 4.98 Å². The van der Waals surface area contributed by atoms with Crippen molar-refractivity contribution in [3.05, 3.63) is 65.1 Å². The zero-order chi connectivity index (χ0) is 20.1. The van der Waals surface area contributed by atoms with E-state index in [4.69, 9.17) is 0 Å². The lowest BCUT2D eigenvalue weighted by Crippen LogP contribution is -2.27. The molecule has 0 unspecified atom stereocenters. The van der Waals surface area contributed by atoms with Gasteiger partial charge in [-0.15, -0.1) is 0 Å². The molecule has 1 aromatic heterocycles. The highest BCUT2D eigenvalue weighted by molar-refractivity contribution is 5.93. The van der Waals surface area contributed by atoms with Crippen LogP contribution in [0.1, 0.15) is 20.3 Å². The highest BCUT2D eigenvalue weighted by Crippen LogP contribution is 2.15. The maximum absolute atomic E-state index is 12.4. The molecule has 0 saturated carbocycles. The van der Waals surface area contributed by atoms with E-state index in [0.29, 0.717) is 28.8 Å². The molecule has 0 spiro atoms. The van der Waals surface area contributed by atoms with Gasteiger partial charge >= 0.3 is 0 Å². The van der Waals surface area contributed by atoms with E-state index in [9.17, 15) is 14.4 Å². The van der Waals surface area contributed by atoms with Crippen molar-refractivity contribution in [3.63, 3.8) is 0 Å². The Kier molecular flexibility index (Phi) is 5.84. The van der Waals surface area contributed by atoms with Crippen molar-refractivity contribution in [2.45, 2.75) is 26.8 Å². The largest absolute Gasteiger partial charge is 0.326 e. The van der Waals surface area contributed by atoms with Crippen LogP contribution in [0, 0.1) is 5.92 Å². The first-order chi connectivity index (χ1) is 13.4. The second kappa shape index (κ2) is 8.47. The number of anilines is 2. The lowest BCUT2D eigenvalue weighted by atomic mass is 10.1. The summed E-state index contributed by atoms with van der Waals surface area (Å²) in [6.07, 6.45) is 1.66. The molecule has 3 aromatic rings. The molecule has 2 N–H and O–H groups in total. The number of para-hydroxylation sites is 2. The Bertz CT molecular complexity index is 1060. The number of nitrogens with one attached hydrogen (secondary N) is 2. The molecule has 28 heavy (non-hydrogen) atoms. The fourth-order valence-corrected chi connectivity index (χ4v) is 2.84. The Morgan fingerprint density at radius 3 is 2.21 bits per heavy atom. The fourth-order valence-electron chi connectivity index (χ4n) is 2.84. The van der Waals surface area contributed by atoms with Crippen LogP contribution < -0.4 is 16.2 Å². The lowest BCUT2D eigenvalue weighted by Gasteiger charge is -2.11. The molecule has 0 aliphatic rings. The van der Waals surface area contributed by atoms with Crippen LogP contribution in [0.4, 0.5) is 11.4 Å². The third-order valence-corrected chi connectivity index (χ3v) is 4.10. The number of fused-ring (bicyclic) bond motifs is 1. The van der Waals surface area contributed by atoms with Gasteiger partial charge in [-0.2, -0.15) is 0 Å². The van der Waals surface area contributed by atoms with Crippen molar-refractivity contribution < 1.29 is 9.59 Å². The first-order valence-corrected chi connectivity index (χ1v) is 9.07. The van der Waals surface area contributed by atoms with Gasteiger partial charge in [0.15, 0.2) is 0 Å². The van der Waals surface area contributed by atoms with Crippen LogP contribution in [0.15, 0.2) is 59.5 Å². The quantitative estimate of drug-likeness (QED) is 0.689. The maximum atomic E-state index is 12.4. The van der Waals surface area contributed by atoms with Gasteiger partial charge in [0, 0.05) is 17.8 Å². The van der Waals surface area contributed by atoms with Crippen LogP contribution >= 0.6 is 0 Å². The number of carbonyl (C=O) groups is 2. The summed E-state index contributed by atoms with van der Waals surface area (Å²) in [6, 6.07) is 14.0. The van der Waals surface area contributed by atoms with Gasteiger partial charge in [0.25, 0.3) is 5.56 Å². The van der Waals surface area contributed by atoms with Crippen LogP contribution in [0.2, 0.25) is 0 Å². The summed E-state index contributed by atoms with van der Waals surface area (Å²) in [4.78, 5) is 40.4. The van der Waals surface area contributed by atoms with Crippen molar-refractivity contribution in [3.8, 4) is 0 Å². The van der Waals surface area contributed by atoms with Crippen LogP contribution in [-0.4, -0.2) is 21.4 Å². The first kappa shape index (κ1) is 19.3. The minimum atomic E-state index is -0.336. The van der Waals surface area contributed by atoms with Gasteiger partial charge in [0.1, 0.15) is 6.54 Å². The number of hydrogen-bond acceptors (Lipinski definition) is 4. The summed E-state index contributed by atoms with van der Waals surface area (Å²) < 4.78 is 1.39. The van der Waals surface area contributed by atoms with E-state index >= 15 is 0 Å². The molecule has 7 heteroatoms. The molecule has 0 atom stereocenters. The minimum absolute atomic E-state index is 0.0456. The van der Waals surface area contributed by atoms with Gasteiger partial charge in [-0.05, 0) is 42.3 Å². The van der Waals surface area contributed by atoms with E-state index in [0.717, 1.165) is 0 Å². The van der Waals surface area contributed by atoms with Crippen LogP contribution in [0.25, 0.3) is 11.0 Å². The Morgan fingerprint density at radius 1 is 0.964 bits per heavy atom. The number of benzene rings is 2. The average molecular weight is 378 g/mol. The van der Waals surface area contributed by atoms with E-state index in [1.165, 1.54) is 10.8 Å². The summed E-state index contributed by atoms with van der Waals surface area (Å²) in [5.74, 6) is -0.0861. The second-order valence-corrected chi connectivity index (χ2v) is 6.94. The van der Waals surface area contributed by atoms with Crippen LogP contribution in [0.3, 0.4) is 0 Å². The number of amides is 2. The molecule has 3 rings (SSSR count). The Labute approximate surface area is 162 Å². The molecule has 2 aromatic carbocycles. The zero-order valence-electron chi connectivity index (χ0n) is 15.8. The monoisotopic (exact) mass is 378 g/mol. The molecule has 144 valence electrons. The third-order valence-electron chi connectivity index (χ3n) is 4.10. The van der Waals surface area contributed by atoms with Crippen molar-refractivity contribution in [1.82, 2.24) is 9.55 Å². The molecule has 0 fully saturated rings. The van der Waals surface area contributed by atoms with Gasteiger partial charge < -0.3 is 10.6 Å². The normalized spacial score (nSPS) is 10.8. The lowest BCUT2D eigenvalue weighted by molar-refractivity contribution is -0.117. The summed E-state index contributed by atoms with van der Waals surface area (Å²) >= 11 is 0. The van der Waals surface area contributed by atoms with E-state index in [-0.39, 0.29) is 29.8 Å². The molecular weight excluding hydrogens is 356 g/mol. The smallest absolute Gasteiger partial charge is 0.269 e. The van der Waals surface area contributed by atoms with Crippen LogP contribution in [-0.2, 0) is 16.1 Å². The minimum Gasteiger partial charge on any atom is -0.326 e. The molecule has 2 amide bonds. The van der Waals surface area contributed by atoms with Crippen molar-refractivity contribution >= 4 is 34.2 Å². The van der Waals surface area contributed by atoms with Gasteiger partial charge in [0.05, 0.1) is 17.2 Å². The summed E-state index contributed by atoms with van der Waals surface area (Å²) in [5.41, 5.74) is 2.17. The highest BCUT2D eigenvalue weighted by Gasteiger charge is 2.10. The van der Waals surface area contributed by atoms with Crippen molar-refractivity contribution in [2.24, 2.45) is 5.92 Å². The number of aromatic nitrogens is 2. The zero-order valence-corrected chi connectivity index (χ0v) is 15.8. The molecule has 0 radical (unpaired) electrons. The second-order valence-electron chi connectivity index (χ2n) is 6.94. The summed E-state index contributed by atoms with van der Waals surface area (Å²) in [6.45, 7) is 3.85. The molecule has 0 aliphatic heterocycles. The van der Waals surface area contributed by atoms with E-state index in [1.807, 2.05) is 19.9 Å². The molecule has 1 heterocycles. The topological polar surface area (TPSA) is 93.1 Å². The standard InChI is InChI=1S/C21H22N4O3/c1-14(2)11-19(26)23-15-7-9-16(10-8-15)24-20(27)13-25-18-6-4-3-5-17(18)22-12-21(25)28/h3-10,12,14H,11,13H2,1-2H3,(H,23,26)(H,24,27). The van der Waals surface area contributed by atoms with Crippen molar-refractivity contribution in [1.29, 1.82) is 0 Å². The molecular formula is C21H22N4O3.